The van der Waals surface area contributed by atoms with E-state index in [1.54, 1.807) is 0 Å². The molecule has 27 heavy (non-hydrogen) atoms. The number of quaternary nitrogens is 1. The SMILES string of the molecule is CC(C)(C)CC(=O)N1CC[C@@H](CC(=O)[O-])[C@@H](CC[NH+]2CCC[C@H]2C(N)=O)C1. The monoisotopic (exact) mass is 381 g/mol. The molecule has 2 heterocycles. The van der Waals surface area contributed by atoms with Gasteiger partial charge >= 0.3 is 0 Å². The summed E-state index contributed by atoms with van der Waals surface area (Å²) in [7, 11) is 0. The summed E-state index contributed by atoms with van der Waals surface area (Å²) in [5.74, 6) is -0.977. The first-order valence-corrected chi connectivity index (χ1v) is 10.2. The fourth-order valence-corrected chi connectivity index (χ4v) is 4.61. The zero-order valence-electron chi connectivity index (χ0n) is 17.0. The van der Waals surface area contributed by atoms with E-state index in [-0.39, 0.29) is 41.5 Å². The zero-order chi connectivity index (χ0) is 20.2. The average Bonchev–Trinajstić information content (AvgIpc) is 3.00. The molecule has 2 rings (SSSR count). The van der Waals surface area contributed by atoms with Crippen molar-refractivity contribution < 1.29 is 24.4 Å². The van der Waals surface area contributed by atoms with Gasteiger partial charge in [-0.15, -0.1) is 0 Å². The third-order valence-electron chi connectivity index (χ3n) is 6.02. The lowest BCUT2D eigenvalue weighted by molar-refractivity contribution is -0.903. The van der Waals surface area contributed by atoms with Crippen LogP contribution in [0.5, 0.6) is 0 Å². The van der Waals surface area contributed by atoms with Gasteiger partial charge in [-0.25, -0.2) is 0 Å². The fourth-order valence-electron chi connectivity index (χ4n) is 4.61. The van der Waals surface area contributed by atoms with E-state index >= 15 is 0 Å². The van der Waals surface area contributed by atoms with E-state index in [0.717, 1.165) is 32.4 Å². The average molecular weight is 382 g/mol. The molecule has 2 amide bonds. The molecule has 0 aliphatic carbocycles. The number of rotatable bonds is 7. The number of aliphatic carboxylic acids is 1. The summed E-state index contributed by atoms with van der Waals surface area (Å²) in [4.78, 5) is 38.5. The third kappa shape index (κ3) is 6.48. The Balaban J connectivity index is 1.99. The van der Waals surface area contributed by atoms with Crippen LogP contribution in [0.15, 0.2) is 0 Å². The maximum absolute atomic E-state index is 12.6. The largest absolute Gasteiger partial charge is 0.550 e. The molecule has 2 aliphatic rings. The maximum Gasteiger partial charge on any atom is 0.275 e. The molecule has 0 spiro atoms. The number of amides is 2. The number of carboxylic acid groups (broad SMARTS) is 1. The minimum absolute atomic E-state index is 0.0303. The van der Waals surface area contributed by atoms with E-state index in [0.29, 0.717) is 25.9 Å². The van der Waals surface area contributed by atoms with E-state index in [1.165, 1.54) is 4.90 Å². The number of carbonyl (C=O) groups is 3. The van der Waals surface area contributed by atoms with Gasteiger partial charge in [0.05, 0.1) is 13.1 Å². The number of piperidine rings is 1. The number of hydrogen-bond donors (Lipinski definition) is 2. The lowest BCUT2D eigenvalue weighted by Gasteiger charge is -2.40. The number of carbonyl (C=O) groups excluding carboxylic acids is 3. The number of primary amides is 1. The number of carboxylic acids is 1. The van der Waals surface area contributed by atoms with Gasteiger partial charge in [0.25, 0.3) is 5.91 Å². The molecular weight excluding hydrogens is 346 g/mol. The van der Waals surface area contributed by atoms with Crippen molar-refractivity contribution in [3.63, 3.8) is 0 Å². The Bertz CT molecular complexity index is 558. The van der Waals surface area contributed by atoms with Crippen molar-refractivity contribution in [1.82, 2.24) is 4.90 Å². The van der Waals surface area contributed by atoms with E-state index in [9.17, 15) is 19.5 Å². The molecule has 0 aromatic heterocycles. The van der Waals surface area contributed by atoms with Crippen LogP contribution in [0, 0.1) is 17.3 Å². The first-order valence-electron chi connectivity index (χ1n) is 10.2. The molecule has 0 aromatic carbocycles. The molecule has 0 radical (unpaired) electrons. The van der Waals surface area contributed by atoms with Crippen LogP contribution in [0.2, 0.25) is 0 Å². The second-order valence-electron chi connectivity index (χ2n) is 9.51. The Morgan fingerprint density at radius 2 is 1.89 bits per heavy atom. The molecule has 2 aliphatic heterocycles. The van der Waals surface area contributed by atoms with Crippen LogP contribution in [0.25, 0.3) is 0 Å². The van der Waals surface area contributed by atoms with Gasteiger partial charge in [-0.2, -0.15) is 0 Å². The van der Waals surface area contributed by atoms with Gasteiger partial charge in [-0.1, -0.05) is 20.8 Å². The molecular formula is C20H35N3O4. The fraction of sp³-hybridized carbons (Fsp3) is 0.850. The summed E-state index contributed by atoms with van der Waals surface area (Å²) in [5.41, 5.74) is 5.45. The lowest BCUT2D eigenvalue weighted by atomic mass is 9.80. The molecule has 7 heteroatoms. The molecule has 4 atom stereocenters. The second kappa shape index (κ2) is 9.04. The van der Waals surface area contributed by atoms with Crippen LogP contribution in [0.3, 0.4) is 0 Å². The van der Waals surface area contributed by atoms with Gasteiger partial charge in [0.1, 0.15) is 0 Å². The van der Waals surface area contributed by atoms with Gasteiger partial charge < -0.3 is 25.4 Å². The summed E-state index contributed by atoms with van der Waals surface area (Å²) < 4.78 is 0. The topological polar surface area (TPSA) is 108 Å². The van der Waals surface area contributed by atoms with Gasteiger partial charge in [-0.3, -0.25) is 9.59 Å². The molecule has 7 nitrogen and oxygen atoms in total. The number of nitrogens with zero attached hydrogens (tertiary/aromatic N) is 1. The molecule has 0 aromatic rings. The Morgan fingerprint density at radius 1 is 1.19 bits per heavy atom. The molecule has 3 N–H and O–H groups in total. The van der Waals surface area contributed by atoms with Gasteiger partial charge in [0.15, 0.2) is 6.04 Å². The number of hydrogen-bond acceptors (Lipinski definition) is 4. The van der Waals surface area contributed by atoms with Crippen molar-refractivity contribution in [2.24, 2.45) is 23.0 Å². The van der Waals surface area contributed by atoms with Crippen molar-refractivity contribution in [1.29, 1.82) is 0 Å². The van der Waals surface area contributed by atoms with E-state index in [4.69, 9.17) is 5.73 Å². The van der Waals surface area contributed by atoms with Crippen molar-refractivity contribution in [3.8, 4) is 0 Å². The van der Waals surface area contributed by atoms with E-state index in [2.05, 4.69) is 0 Å². The lowest BCUT2D eigenvalue weighted by Crippen LogP contribution is -3.15. The highest BCUT2D eigenvalue weighted by Crippen LogP contribution is 2.30. The Labute approximate surface area is 162 Å². The smallest absolute Gasteiger partial charge is 0.275 e. The van der Waals surface area contributed by atoms with Gasteiger partial charge in [-0.05, 0) is 30.1 Å². The highest BCUT2D eigenvalue weighted by atomic mass is 16.4. The second-order valence-corrected chi connectivity index (χ2v) is 9.51. The summed E-state index contributed by atoms with van der Waals surface area (Å²) in [6, 6.07) is -0.133. The third-order valence-corrected chi connectivity index (χ3v) is 6.02. The molecule has 1 unspecified atom stereocenters. The summed E-state index contributed by atoms with van der Waals surface area (Å²) in [5, 5.41) is 11.2. The minimum atomic E-state index is -1.02. The number of nitrogens with one attached hydrogen (secondary N) is 1. The van der Waals surface area contributed by atoms with Crippen LogP contribution in [0.4, 0.5) is 0 Å². The summed E-state index contributed by atoms with van der Waals surface area (Å²) in [6.45, 7) is 9.08. The molecule has 2 saturated heterocycles. The van der Waals surface area contributed by atoms with E-state index < -0.39 is 5.97 Å². The van der Waals surface area contributed by atoms with Crippen molar-refractivity contribution >= 4 is 17.8 Å². The predicted molar refractivity (Wildman–Crippen MR) is 99.4 cm³/mol. The normalized spacial score (nSPS) is 28.9. The number of nitrogens with two attached hydrogens (primary N) is 1. The van der Waals surface area contributed by atoms with Crippen molar-refractivity contribution in [2.45, 2.75) is 65.3 Å². The van der Waals surface area contributed by atoms with Crippen LogP contribution >= 0.6 is 0 Å². The maximum atomic E-state index is 12.6. The molecule has 0 bridgehead atoms. The standard InChI is InChI=1S/C20H35N3O4/c1-20(2,3)12-17(24)23-10-6-14(11-18(25)26)15(13-23)7-9-22-8-4-5-16(22)19(21)27/h14-16H,4-13H2,1-3H3,(H2,21,27)(H,25,26)/t14-,15-,16-/m0/s1. The zero-order valence-corrected chi connectivity index (χ0v) is 17.0. The van der Waals surface area contributed by atoms with Crippen LogP contribution in [-0.2, 0) is 14.4 Å². The van der Waals surface area contributed by atoms with Gasteiger partial charge in [0.2, 0.25) is 5.91 Å². The van der Waals surface area contributed by atoms with E-state index in [1.807, 2.05) is 25.7 Å². The highest BCUT2D eigenvalue weighted by Gasteiger charge is 2.36. The first kappa shape index (κ1) is 21.7. The molecule has 2 fully saturated rings. The Hall–Kier alpha value is -1.63. The Morgan fingerprint density at radius 3 is 2.48 bits per heavy atom. The van der Waals surface area contributed by atoms with Crippen molar-refractivity contribution in [2.75, 3.05) is 26.2 Å². The van der Waals surface area contributed by atoms with Gasteiger partial charge in [0, 0.05) is 44.7 Å². The first-order chi connectivity index (χ1) is 12.6. The highest BCUT2D eigenvalue weighted by molar-refractivity contribution is 5.78. The summed E-state index contributed by atoms with van der Waals surface area (Å²) >= 11 is 0. The minimum Gasteiger partial charge on any atom is -0.550 e. The van der Waals surface area contributed by atoms with Crippen molar-refractivity contribution in [3.05, 3.63) is 0 Å². The quantitative estimate of drug-likeness (QED) is 0.587. The number of likely N-dealkylation sites (tertiary alicyclic amines) is 2. The van der Waals surface area contributed by atoms with Crippen LogP contribution < -0.4 is 15.7 Å². The molecule has 154 valence electrons. The van der Waals surface area contributed by atoms with Crippen LogP contribution in [0.1, 0.15) is 59.3 Å². The Kier molecular flexibility index (Phi) is 7.25. The predicted octanol–water partition coefficient (Wildman–Crippen LogP) is -1.05. The van der Waals surface area contributed by atoms with Crippen LogP contribution in [-0.4, -0.2) is 54.9 Å². The molecule has 0 saturated carbocycles. The summed E-state index contributed by atoms with van der Waals surface area (Å²) in [6.07, 6.45) is 3.85.